The van der Waals surface area contributed by atoms with E-state index in [-0.39, 0.29) is 82.4 Å². The number of H-pyrrole nitrogens is 1. The molecular formula is C48H65Cl4N3O17. The molecule has 1 amide bonds. The lowest BCUT2D eigenvalue weighted by molar-refractivity contribution is -0.122. The van der Waals surface area contributed by atoms with Crippen LogP contribution < -0.4 is 30.7 Å². The Labute approximate surface area is 439 Å². The van der Waals surface area contributed by atoms with Crippen molar-refractivity contribution in [3.05, 3.63) is 84.6 Å². The maximum absolute atomic E-state index is 12.2. The highest BCUT2D eigenvalue weighted by atomic mass is 35.5. The minimum atomic E-state index is -0.562. The van der Waals surface area contributed by atoms with Crippen molar-refractivity contribution in [2.45, 2.75) is 52.0 Å². The van der Waals surface area contributed by atoms with Crippen LogP contribution in [0.25, 0.3) is 10.9 Å². The summed E-state index contributed by atoms with van der Waals surface area (Å²) in [4.78, 5) is 60.2. The van der Waals surface area contributed by atoms with Crippen LogP contribution in [-0.2, 0) is 58.6 Å². The molecule has 4 N–H and O–H groups in total. The highest BCUT2D eigenvalue weighted by Crippen LogP contribution is 2.36. The number of ether oxygens (including phenoxy) is 12. The Bertz CT molecular complexity index is 2360. The first kappa shape index (κ1) is 65.4. The fraction of sp³-hybridized carbons (Fsp3) is 0.479. The number of hydrogen-bond acceptors (Lipinski definition) is 18. The van der Waals surface area contributed by atoms with Gasteiger partial charge in [0.2, 0.25) is 11.1 Å². The average molecular weight is 1100 g/mol. The highest BCUT2D eigenvalue weighted by Gasteiger charge is 2.20. The summed E-state index contributed by atoms with van der Waals surface area (Å²) in [5.74, 6) is 0.466. The van der Waals surface area contributed by atoms with Crippen LogP contribution in [0.15, 0.2) is 47.3 Å². The molecule has 20 nitrogen and oxygen atoms in total. The molecular weight excluding hydrogens is 1030 g/mol. The van der Waals surface area contributed by atoms with Crippen molar-refractivity contribution in [1.82, 2.24) is 4.98 Å². The Kier molecular flexibility index (Phi) is 33.0. The predicted molar refractivity (Wildman–Crippen MR) is 275 cm³/mol. The van der Waals surface area contributed by atoms with Gasteiger partial charge >= 0.3 is 0 Å². The summed E-state index contributed by atoms with van der Waals surface area (Å²) < 4.78 is 61.2. The molecule has 24 heteroatoms. The Morgan fingerprint density at radius 2 is 1.03 bits per heavy atom. The maximum atomic E-state index is 12.2. The van der Waals surface area contributed by atoms with Crippen LogP contribution in [0, 0.1) is 0 Å². The molecule has 0 bridgehead atoms. The molecule has 3 aromatic carbocycles. The molecule has 0 saturated heterocycles. The zero-order valence-corrected chi connectivity index (χ0v) is 45.2. The molecule has 4 rings (SSSR count). The normalized spacial score (nSPS) is 10.8. The summed E-state index contributed by atoms with van der Waals surface area (Å²) in [7, 11) is 13.7. The van der Waals surface area contributed by atoms with Gasteiger partial charge in [-0.2, -0.15) is 0 Å². The van der Waals surface area contributed by atoms with E-state index in [9.17, 15) is 24.0 Å². The number of nitrogens with one attached hydrogen (secondary N) is 2. The number of pyridine rings is 1. The Balaban J connectivity index is 0.000000510. The monoisotopic (exact) mass is 1100 g/mol. The Morgan fingerprint density at radius 3 is 1.46 bits per heavy atom. The molecule has 0 atom stereocenters. The lowest BCUT2D eigenvalue weighted by atomic mass is 10.1. The van der Waals surface area contributed by atoms with Gasteiger partial charge < -0.3 is 72.9 Å². The molecule has 1 heterocycles. The molecule has 0 saturated carbocycles. The molecule has 0 aliphatic carbocycles. The van der Waals surface area contributed by atoms with Crippen molar-refractivity contribution in [1.29, 1.82) is 0 Å². The van der Waals surface area contributed by atoms with Crippen molar-refractivity contribution in [2.24, 2.45) is 0 Å². The topological polar surface area (TPSA) is 250 Å². The number of benzene rings is 3. The van der Waals surface area contributed by atoms with Crippen LogP contribution in [0.4, 0.5) is 11.4 Å². The van der Waals surface area contributed by atoms with Crippen LogP contribution in [0.2, 0.25) is 15.1 Å². The molecule has 0 spiro atoms. The Hall–Kier alpha value is -4.65. The molecule has 0 aliphatic heterocycles. The van der Waals surface area contributed by atoms with E-state index in [1.807, 2.05) is 0 Å². The number of hydrogen-bond donors (Lipinski definition) is 3. The smallest absolute Gasteiger partial charge is 0.226 e. The maximum Gasteiger partial charge on any atom is 0.226 e. The molecule has 402 valence electrons. The van der Waals surface area contributed by atoms with Gasteiger partial charge in [0.1, 0.15) is 52.1 Å². The first-order valence-corrected chi connectivity index (χ1v) is 23.1. The fourth-order valence-corrected chi connectivity index (χ4v) is 6.43. The number of methoxy groups -OCH3 is 9. The third-order valence-electron chi connectivity index (χ3n) is 9.55. The van der Waals surface area contributed by atoms with Gasteiger partial charge in [-0.1, -0.05) is 34.8 Å². The second-order valence-corrected chi connectivity index (χ2v) is 16.0. The number of Topliss-reactive ketones (excluding diaryl/α,β-unsaturated/α-hetero) is 2. The molecule has 4 aromatic rings. The van der Waals surface area contributed by atoms with Crippen molar-refractivity contribution >= 4 is 91.4 Å². The van der Waals surface area contributed by atoms with Crippen LogP contribution in [0.3, 0.4) is 0 Å². The standard InChI is InChI=1S/C16H22ClNO6.C16H20ClNO5.C12H16ClNO4.C4H7ClO2/c1-10(19)11-5-6-12(24-9-14(22-3)23-4)15(17)16(11)18-13(20)7-8-21-2;1-20-7-6-10-8-12(19)11-4-5-13(15(17)16(11)18-10)23-9-14(21-2)22-3;1-7(15)8-4-5-9(11(13)12(8)14)18-6-10(16-2)17-3;1-7-3-2-4(5)6/h5-6,14H,7-9H2,1-4H3,(H,18,20);4-5,8,14H,6-7,9H2,1-3H3,(H,18,19);4-5,10H,6,14H2,1-3H3;2-3H2,1H3. The summed E-state index contributed by atoms with van der Waals surface area (Å²) in [5.41, 5.74) is 8.09. The first-order chi connectivity index (χ1) is 34.3. The van der Waals surface area contributed by atoms with E-state index in [0.717, 1.165) is 5.69 Å². The van der Waals surface area contributed by atoms with Gasteiger partial charge in [0.25, 0.3) is 0 Å². The molecule has 1 aromatic heterocycles. The van der Waals surface area contributed by atoms with Crippen LogP contribution in [0.5, 0.6) is 17.2 Å². The van der Waals surface area contributed by atoms with E-state index in [1.54, 1.807) is 49.6 Å². The summed E-state index contributed by atoms with van der Waals surface area (Å²) in [6.07, 6.45) is -0.502. The number of aromatic nitrogens is 1. The van der Waals surface area contributed by atoms with Gasteiger partial charge in [-0.3, -0.25) is 24.0 Å². The van der Waals surface area contributed by atoms with E-state index in [0.29, 0.717) is 70.4 Å². The third kappa shape index (κ3) is 22.6. The number of nitrogen functional groups attached to an aromatic ring is 1. The van der Waals surface area contributed by atoms with Gasteiger partial charge in [0.05, 0.1) is 43.1 Å². The summed E-state index contributed by atoms with van der Waals surface area (Å²) in [6.45, 7) is 4.47. The quantitative estimate of drug-likeness (QED) is 0.0223. The van der Waals surface area contributed by atoms with Gasteiger partial charge in [0.15, 0.2) is 35.9 Å². The zero-order valence-electron chi connectivity index (χ0n) is 42.2. The summed E-state index contributed by atoms with van der Waals surface area (Å²) in [5, 5.41) is 3.51. The number of nitrogens with two attached hydrogens (primary N) is 1. The van der Waals surface area contributed by atoms with Gasteiger partial charge in [0, 0.05) is 105 Å². The number of aromatic amines is 1. The minimum Gasteiger partial charge on any atom is -0.487 e. The van der Waals surface area contributed by atoms with Gasteiger partial charge in [-0.05, 0) is 61.8 Å². The minimum absolute atomic E-state index is 0.0926. The van der Waals surface area contributed by atoms with E-state index in [4.69, 9.17) is 104 Å². The Morgan fingerprint density at radius 1 is 0.597 bits per heavy atom. The summed E-state index contributed by atoms with van der Waals surface area (Å²) >= 11 is 23.6. The van der Waals surface area contributed by atoms with E-state index >= 15 is 0 Å². The number of carbonyl (C=O) groups excluding carboxylic acids is 4. The number of rotatable bonds is 27. The number of halogens is 4. The first-order valence-electron chi connectivity index (χ1n) is 21.6. The lowest BCUT2D eigenvalue weighted by Crippen LogP contribution is -2.22. The zero-order chi connectivity index (χ0) is 54.3. The number of fused-ring (bicyclic) bond motifs is 1. The van der Waals surface area contributed by atoms with Gasteiger partial charge in [-0.25, -0.2) is 0 Å². The van der Waals surface area contributed by atoms with Crippen LogP contribution in [-0.4, -0.2) is 150 Å². The number of anilines is 2. The van der Waals surface area contributed by atoms with E-state index in [1.165, 1.54) is 70.7 Å². The second-order valence-electron chi connectivity index (χ2n) is 14.5. The number of amides is 1. The molecule has 72 heavy (non-hydrogen) atoms. The molecule has 0 unspecified atom stereocenters. The van der Waals surface area contributed by atoms with Gasteiger partial charge in [-0.15, -0.1) is 0 Å². The third-order valence-corrected chi connectivity index (χ3v) is 10.9. The van der Waals surface area contributed by atoms with Crippen molar-refractivity contribution in [3.63, 3.8) is 0 Å². The van der Waals surface area contributed by atoms with Crippen molar-refractivity contribution in [2.75, 3.05) is 115 Å². The fourth-order valence-electron chi connectivity index (χ4n) is 5.60. The number of ketones is 2. The van der Waals surface area contributed by atoms with Crippen LogP contribution >= 0.6 is 46.4 Å². The lowest BCUT2D eigenvalue weighted by Gasteiger charge is -2.18. The second kappa shape index (κ2) is 36.3. The molecule has 0 fully saturated rings. The highest BCUT2D eigenvalue weighted by molar-refractivity contribution is 6.63. The van der Waals surface area contributed by atoms with Crippen molar-refractivity contribution in [3.8, 4) is 17.2 Å². The summed E-state index contributed by atoms with van der Waals surface area (Å²) in [6, 6.07) is 11.2. The average Bonchev–Trinajstić information content (AvgIpc) is 3.36. The molecule has 0 radical (unpaired) electrons. The van der Waals surface area contributed by atoms with E-state index < -0.39 is 18.9 Å². The number of carbonyl (C=O) groups is 4. The SMILES string of the molecule is COC(COc1ccc(C(C)=O)c(N)c1Cl)OC.COCCC(=O)Cl.COCCC(=O)Nc1c(C(C)=O)ccc(OCC(OC)OC)c1Cl.COCCc1cc(=O)c2ccc(OCC(OC)OC)c(Cl)c2[nH]1. The predicted octanol–water partition coefficient (Wildman–Crippen LogP) is 7.79. The van der Waals surface area contributed by atoms with Crippen LogP contribution in [0.1, 0.15) is 53.1 Å². The van der Waals surface area contributed by atoms with Crippen molar-refractivity contribution < 1.29 is 76.0 Å². The molecule has 0 aliphatic rings. The van der Waals surface area contributed by atoms with E-state index in [2.05, 4.69) is 15.0 Å². The largest absolute Gasteiger partial charge is 0.487 e.